The second kappa shape index (κ2) is 6.99. The Labute approximate surface area is 128 Å². The number of likely N-dealkylation sites (N-methyl/N-ethyl adjacent to an activating group) is 1. The SMILES string of the molecule is CCn1nc(C)c(Br)c1CN(C)CCc1ccccn1. The monoisotopic (exact) mass is 336 g/mol. The Balaban J connectivity index is 1.96. The molecular formula is C15H21BrN4. The van der Waals surface area contributed by atoms with E-state index >= 15 is 0 Å². The van der Waals surface area contributed by atoms with Gasteiger partial charge >= 0.3 is 0 Å². The van der Waals surface area contributed by atoms with Gasteiger partial charge in [0.05, 0.1) is 15.9 Å². The topological polar surface area (TPSA) is 34.0 Å². The van der Waals surface area contributed by atoms with Crippen LogP contribution < -0.4 is 0 Å². The Morgan fingerprint density at radius 3 is 2.80 bits per heavy atom. The Hall–Kier alpha value is -1.20. The van der Waals surface area contributed by atoms with Crippen molar-refractivity contribution in [1.29, 1.82) is 0 Å². The molecule has 20 heavy (non-hydrogen) atoms. The number of aryl methyl sites for hydroxylation is 2. The van der Waals surface area contributed by atoms with Crippen molar-refractivity contribution in [3.05, 3.63) is 46.0 Å². The molecule has 2 aromatic heterocycles. The van der Waals surface area contributed by atoms with Crippen LogP contribution in [0.25, 0.3) is 0 Å². The van der Waals surface area contributed by atoms with Crippen LogP contribution in [0, 0.1) is 6.92 Å². The van der Waals surface area contributed by atoms with Gasteiger partial charge in [0.1, 0.15) is 0 Å². The molecule has 4 nitrogen and oxygen atoms in total. The highest BCUT2D eigenvalue weighted by molar-refractivity contribution is 9.10. The average Bonchev–Trinajstić information content (AvgIpc) is 2.74. The molecule has 0 atom stereocenters. The first-order valence-electron chi connectivity index (χ1n) is 6.92. The standard InChI is InChI=1S/C15H21BrN4/c1-4-20-14(15(16)12(2)18-20)11-19(3)10-8-13-7-5-6-9-17-13/h5-7,9H,4,8,10-11H2,1-3H3. The third-order valence-corrected chi connectivity index (χ3v) is 4.38. The molecule has 0 aliphatic rings. The summed E-state index contributed by atoms with van der Waals surface area (Å²) in [7, 11) is 2.14. The van der Waals surface area contributed by atoms with E-state index in [9.17, 15) is 0 Å². The van der Waals surface area contributed by atoms with Gasteiger partial charge < -0.3 is 4.90 Å². The maximum atomic E-state index is 4.53. The summed E-state index contributed by atoms with van der Waals surface area (Å²) in [5, 5.41) is 4.53. The summed E-state index contributed by atoms with van der Waals surface area (Å²) in [5.74, 6) is 0. The van der Waals surface area contributed by atoms with Crippen molar-refractivity contribution in [2.24, 2.45) is 0 Å². The van der Waals surface area contributed by atoms with Crippen LogP contribution in [0.4, 0.5) is 0 Å². The zero-order valence-electron chi connectivity index (χ0n) is 12.3. The molecule has 2 aromatic rings. The number of nitrogens with zero attached hydrogens (tertiary/aromatic N) is 4. The lowest BCUT2D eigenvalue weighted by Gasteiger charge is -2.17. The smallest absolute Gasteiger partial charge is 0.0739 e. The van der Waals surface area contributed by atoms with Crippen LogP contribution in [-0.2, 0) is 19.5 Å². The van der Waals surface area contributed by atoms with Crippen LogP contribution >= 0.6 is 15.9 Å². The van der Waals surface area contributed by atoms with E-state index in [0.717, 1.165) is 41.9 Å². The van der Waals surface area contributed by atoms with Crippen LogP contribution in [-0.4, -0.2) is 33.3 Å². The maximum Gasteiger partial charge on any atom is 0.0739 e. The first-order chi connectivity index (χ1) is 9.61. The summed E-state index contributed by atoms with van der Waals surface area (Å²) >= 11 is 3.64. The van der Waals surface area contributed by atoms with Crippen molar-refractivity contribution < 1.29 is 0 Å². The summed E-state index contributed by atoms with van der Waals surface area (Å²) in [4.78, 5) is 6.67. The lowest BCUT2D eigenvalue weighted by Crippen LogP contribution is -2.23. The van der Waals surface area contributed by atoms with E-state index < -0.39 is 0 Å². The summed E-state index contributed by atoms with van der Waals surface area (Å²) in [5.41, 5.74) is 3.44. The van der Waals surface area contributed by atoms with E-state index in [4.69, 9.17) is 0 Å². The number of rotatable bonds is 6. The van der Waals surface area contributed by atoms with Crippen molar-refractivity contribution in [2.45, 2.75) is 33.4 Å². The molecule has 2 rings (SSSR count). The van der Waals surface area contributed by atoms with Crippen molar-refractivity contribution in [2.75, 3.05) is 13.6 Å². The van der Waals surface area contributed by atoms with Gasteiger partial charge in [-0.3, -0.25) is 9.67 Å². The van der Waals surface area contributed by atoms with E-state index in [0.29, 0.717) is 0 Å². The van der Waals surface area contributed by atoms with Gasteiger partial charge in [-0.2, -0.15) is 5.10 Å². The summed E-state index contributed by atoms with van der Waals surface area (Å²) < 4.78 is 3.19. The Bertz CT molecular complexity index is 551. The lowest BCUT2D eigenvalue weighted by molar-refractivity contribution is 0.317. The highest BCUT2D eigenvalue weighted by Gasteiger charge is 2.13. The largest absolute Gasteiger partial charge is 0.300 e. The molecule has 0 bridgehead atoms. The highest BCUT2D eigenvalue weighted by Crippen LogP contribution is 2.22. The van der Waals surface area contributed by atoms with Crippen molar-refractivity contribution >= 4 is 15.9 Å². The molecule has 108 valence electrons. The van der Waals surface area contributed by atoms with Crippen LogP contribution in [0.5, 0.6) is 0 Å². The van der Waals surface area contributed by atoms with Gasteiger partial charge in [0.25, 0.3) is 0 Å². The first-order valence-corrected chi connectivity index (χ1v) is 7.71. The van der Waals surface area contributed by atoms with Crippen LogP contribution in [0.2, 0.25) is 0 Å². The molecular weight excluding hydrogens is 316 g/mol. The van der Waals surface area contributed by atoms with E-state index in [-0.39, 0.29) is 0 Å². The lowest BCUT2D eigenvalue weighted by atomic mass is 10.2. The number of pyridine rings is 1. The van der Waals surface area contributed by atoms with Crippen molar-refractivity contribution in [3.8, 4) is 0 Å². The first kappa shape index (κ1) is 15.2. The van der Waals surface area contributed by atoms with Gasteiger partial charge in [0.2, 0.25) is 0 Å². The fourth-order valence-corrected chi connectivity index (χ4v) is 2.62. The maximum absolute atomic E-state index is 4.53. The summed E-state index contributed by atoms with van der Waals surface area (Å²) in [6, 6.07) is 6.06. The third kappa shape index (κ3) is 3.67. The van der Waals surface area contributed by atoms with Gasteiger partial charge in [-0.25, -0.2) is 0 Å². The Kier molecular flexibility index (Phi) is 5.31. The molecule has 0 N–H and O–H groups in total. The van der Waals surface area contributed by atoms with Crippen LogP contribution in [0.3, 0.4) is 0 Å². The summed E-state index contributed by atoms with van der Waals surface area (Å²) in [6.45, 7) is 6.93. The Morgan fingerprint density at radius 2 is 2.15 bits per heavy atom. The quantitative estimate of drug-likeness (QED) is 0.812. The molecule has 5 heteroatoms. The van der Waals surface area contributed by atoms with E-state index in [1.807, 2.05) is 25.3 Å². The van der Waals surface area contributed by atoms with E-state index in [1.165, 1.54) is 5.69 Å². The van der Waals surface area contributed by atoms with E-state index in [2.05, 4.69) is 55.6 Å². The molecule has 0 spiro atoms. The predicted octanol–water partition coefficient (Wildman–Crippen LogP) is 3.04. The highest BCUT2D eigenvalue weighted by atomic mass is 79.9. The molecule has 0 fully saturated rings. The molecule has 0 saturated heterocycles. The van der Waals surface area contributed by atoms with E-state index in [1.54, 1.807) is 0 Å². The fourth-order valence-electron chi connectivity index (χ4n) is 2.21. The second-order valence-corrected chi connectivity index (χ2v) is 5.76. The minimum absolute atomic E-state index is 0.891. The average molecular weight is 337 g/mol. The van der Waals surface area contributed by atoms with Crippen molar-refractivity contribution in [3.63, 3.8) is 0 Å². The minimum Gasteiger partial charge on any atom is -0.300 e. The van der Waals surface area contributed by atoms with Gasteiger partial charge in [-0.1, -0.05) is 6.07 Å². The van der Waals surface area contributed by atoms with Gasteiger partial charge in [0, 0.05) is 37.9 Å². The number of aromatic nitrogens is 3. The van der Waals surface area contributed by atoms with Crippen LogP contribution in [0.15, 0.2) is 28.9 Å². The number of hydrogen-bond acceptors (Lipinski definition) is 3. The van der Waals surface area contributed by atoms with Gasteiger partial charge in [-0.05, 0) is 49.0 Å². The molecule has 2 heterocycles. The molecule has 0 saturated carbocycles. The molecule has 0 aliphatic heterocycles. The molecule has 0 unspecified atom stereocenters. The minimum atomic E-state index is 0.891. The van der Waals surface area contributed by atoms with Gasteiger partial charge in [-0.15, -0.1) is 0 Å². The third-order valence-electron chi connectivity index (χ3n) is 3.35. The van der Waals surface area contributed by atoms with Crippen molar-refractivity contribution in [1.82, 2.24) is 19.7 Å². The zero-order chi connectivity index (χ0) is 14.5. The Morgan fingerprint density at radius 1 is 1.35 bits per heavy atom. The second-order valence-electron chi connectivity index (χ2n) is 4.97. The summed E-state index contributed by atoms with van der Waals surface area (Å²) in [6.07, 6.45) is 2.82. The molecule has 0 radical (unpaired) electrons. The number of hydrogen-bond donors (Lipinski definition) is 0. The molecule has 0 aromatic carbocycles. The van der Waals surface area contributed by atoms with Gasteiger partial charge in [0.15, 0.2) is 0 Å². The molecule has 0 amide bonds. The molecule has 0 aliphatic carbocycles. The van der Waals surface area contributed by atoms with Crippen LogP contribution in [0.1, 0.15) is 24.0 Å². The number of halogens is 1. The fraction of sp³-hybridized carbons (Fsp3) is 0.467. The normalized spacial score (nSPS) is 11.2. The zero-order valence-corrected chi connectivity index (χ0v) is 13.9. The predicted molar refractivity (Wildman–Crippen MR) is 84.6 cm³/mol.